The predicted molar refractivity (Wildman–Crippen MR) is 75.4 cm³/mol. The zero-order valence-corrected chi connectivity index (χ0v) is 11.9. The molecule has 1 aromatic rings. The van der Waals surface area contributed by atoms with Crippen LogP contribution in [0, 0.1) is 0 Å². The van der Waals surface area contributed by atoms with Gasteiger partial charge in [0.25, 0.3) is 0 Å². The first-order valence-corrected chi connectivity index (χ1v) is 6.93. The van der Waals surface area contributed by atoms with Crippen LogP contribution in [0.5, 0.6) is 0 Å². The number of rotatable bonds is 3. The molecule has 20 heavy (non-hydrogen) atoms. The van der Waals surface area contributed by atoms with E-state index in [4.69, 9.17) is 0 Å². The maximum atomic E-state index is 12.5. The van der Waals surface area contributed by atoms with Gasteiger partial charge < -0.3 is 14.9 Å². The molecule has 2 amide bonds. The van der Waals surface area contributed by atoms with Gasteiger partial charge in [-0.1, -0.05) is 24.3 Å². The Kier molecular flexibility index (Phi) is 4.27. The number of carboxylic acids is 1. The van der Waals surface area contributed by atoms with Crippen LogP contribution in [0.25, 0.3) is 0 Å². The summed E-state index contributed by atoms with van der Waals surface area (Å²) in [5.41, 5.74) is 2.05. The molecule has 1 aromatic carbocycles. The summed E-state index contributed by atoms with van der Waals surface area (Å²) in [6.07, 6.45) is 0.374. The fourth-order valence-electron chi connectivity index (χ4n) is 2.62. The number of hydrogen-bond acceptors (Lipinski definition) is 2. The normalized spacial score (nSPS) is 17.5. The van der Waals surface area contributed by atoms with E-state index in [-0.39, 0.29) is 6.03 Å². The van der Waals surface area contributed by atoms with Crippen LogP contribution >= 0.6 is 0 Å². The minimum Gasteiger partial charge on any atom is -0.480 e. The van der Waals surface area contributed by atoms with Crippen LogP contribution in [0.2, 0.25) is 0 Å². The van der Waals surface area contributed by atoms with Gasteiger partial charge in [-0.05, 0) is 25.0 Å². The summed E-state index contributed by atoms with van der Waals surface area (Å²) in [5, 5.41) is 9.40. The van der Waals surface area contributed by atoms with Gasteiger partial charge in [-0.2, -0.15) is 0 Å². The molecule has 0 radical (unpaired) electrons. The monoisotopic (exact) mass is 276 g/mol. The number of amides is 2. The molecule has 0 fully saturated rings. The fourth-order valence-corrected chi connectivity index (χ4v) is 2.62. The molecule has 1 atom stereocenters. The van der Waals surface area contributed by atoms with E-state index >= 15 is 0 Å². The minimum absolute atomic E-state index is 0.197. The Labute approximate surface area is 118 Å². The predicted octanol–water partition coefficient (Wildman–Crippen LogP) is 1.96. The number of aliphatic carboxylic acids is 1. The molecule has 0 aliphatic carbocycles. The highest BCUT2D eigenvalue weighted by Gasteiger charge is 2.35. The number of nitrogens with zero attached hydrogens (tertiary/aromatic N) is 2. The molecule has 1 heterocycles. The molecule has 0 bridgehead atoms. The van der Waals surface area contributed by atoms with Gasteiger partial charge in [0, 0.05) is 26.1 Å². The van der Waals surface area contributed by atoms with Gasteiger partial charge in [0.2, 0.25) is 0 Å². The van der Waals surface area contributed by atoms with Gasteiger partial charge in [-0.3, -0.25) is 0 Å². The van der Waals surface area contributed by atoms with Gasteiger partial charge in [-0.25, -0.2) is 9.59 Å². The van der Waals surface area contributed by atoms with Crippen LogP contribution in [-0.2, 0) is 17.8 Å². The average molecular weight is 276 g/mol. The highest BCUT2D eigenvalue weighted by Crippen LogP contribution is 2.24. The van der Waals surface area contributed by atoms with Gasteiger partial charge >= 0.3 is 12.0 Å². The Morgan fingerprint density at radius 1 is 1.25 bits per heavy atom. The van der Waals surface area contributed by atoms with Gasteiger partial charge in [-0.15, -0.1) is 0 Å². The summed E-state index contributed by atoms with van der Waals surface area (Å²) in [6.45, 7) is 5.33. The van der Waals surface area contributed by atoms with Gasteiger partial charge in [0.05, 0.1) is 0 Å². The molecule has 0 spiro atoms. The Morgan fingerprint density at radius 3 is 2.40 bits per heavy atom. The van der Waals surface area contributed by atoms with E-state index in [2.05, 4.69) is 0 Å². The van der Waals surface area contributed by atoms with Crippen LogP contribution in [0.15, 0.2) is 24.3 Å². The lowest BCUT2D eigenvalue weighted by molar-refractivity contribution is -0.142. The molecule has 1 N–H and O–H groups in total. The molecule has 108 valence electrons. The summed E-state index contributed by atoms with van der Waals surface area (Å²) in [4.78, 5) is 27.1. The lowest BCUT2D eigenvalue weighted by Gasteiger charge is -2.37. The number of urea groups is 1. The molecule has 1 aliphatic rings. The summed E-state index contributed by atoms with van der Waals surface area (Å²) in [7, 11) is 0. The third-order valence-electron chi connectivity index (χ3n) is 3.81. The quantitative estimate of drug-likeness (QED) is 0.918. The van der Waals surface area contributed by atoms with Crippen molar-refractivity contribution in [1.82, 2.24) is 9.80 Å². The zero-order chi connectivity index (χ0) is 14.7. The number of hydrogen-bond donors (Lipinski definition) is 1. The average Bonchev–Trinajstić information content (AvgIpc) is 2.46. The second-order valence-corrected chi connectivity index (χ2v) is 4.91. The Balaban J connectivity index is 2.31. The second-order valence-electron chi connectivity index (χ2n) is 4.91. The SMILES string of the molecule is CCN(CC)C(=O)N1Cc2ccccc2CC1C(=O)O. The number of fused-ring (bicyclic) bond motifs is 1. The van der Waals surface area contributed by atoms with Crippen molar-refractivity contribution >= 4 is 12.0 Å². The first-order valence-electron chi connectivity index (χ1n) is 6.93. The van der Waals surface area contributed by atoms with Crippen molar-refractivity contribution in [2.75, 3.05) is 13.1 Å². The number of carboxylic acid groups (broad SMARTS) is 1. The smallest absolute Gasteiger partial charge is 0.326 e. The Hall–Kier alpha value is -2.04. The Morgan fingerprint density at radius 2 is 1.85 bits per heavy atom. The third kappa shape index (κ3) is 2.61. The van der Waals surface area contributed by atoms with Crippen molar-refractivity contribution in [2.45, 2.75) is 32.9 Å². The number of carbonyl (C=O) groups is 2. The molecule has 5 nitrogen and oxygen atoms in total. The largest absolute Gasteiger partial charge is 0.480 e. The molecule has 1 unspecified atom stereocenters. The summed E-state index contributed by atoms with van der Waals surface area (Å²) >= 11 is 0. The summed E-state index contributed by atoms with van der Waals surface area (Å²) < 4.78 is 0. The van der Waals surface area contributed by atoms with E-state index in [0.29, 0.717) is 26.1 Å². The van der Waals surface area contributed by atoms with E-state index in [9.17, 15) is 14.7 Å². The second kappa shape index (κ2) is 5.94. The van der Waals surface area contributed by atoms with Crippen LogP contribution in [0.1, 0.15) is 25.0 Å². The standard InChI is InChI=1S/C15H20N2O3/c1-3-16(4-2)15(20)17-10-12-8-6-5-7-11(12)9-13(17)14(18)19/h5-8,13H,3-4,9-10H2,1-2H3,(H,18,19). The molecular formula is C15H20N2O3. The van der Waals surface area contributed by atoms with E-state index in [1.165, 1.54) is 4.90 Å². The third-order valence-corrected chi connectivity index (χ3v) is 3.81. The maximum absolute atomic E-state index is 12.5. The summed E-state index contributed by atoms with van der Waals surface area (Å²) in [5.74, 6) is -0.944. The minimum atomic E-state index is -0.944. The first-order chi connectivity index (χ1) is 9.58. The number of benzene rings is 1. The van der Waals surface area contributed by atoms with E-state index in [0.717, 1.165) is 11.1 Å². The van der Waals surface area contributed by atoms with Crippen LogP contribution < -0.4 is 0 Å². The molecule has 5 heteroatoms. The van der Waals surface area contributed by atoms with E-state index in [1.54, 1.807) is 4.90 Å². The lowest BCUT2D eigenvalue weighted by atomic mass is 9.94. The molecule has 2 rings (SSSR count). The van der Waals surface area contributed by atoms with Crippen LogP contribution in [-0.4, -0.2) is 46.0 Å². The Bertz CT molecular complexity index is 512. The van der Waals surface area contributed by atoms with Crippen LogP contribution in [0.4, 0.5) is 4.79 Å². The fraction of sp³-hybridized carbons (Fsp3) is 0.467. The van der Waals surface area contributed by atoms with Crippen molar-refractivity contribution < 1.29 is 14.7 Å². The molecule has 0 saturated carbocycles. The molecule has 0 aromatic heterocycles. The zero-order valence-electron chi connectivity index (χ0n) is 11.9. The lowest BCUT2D eigenvalue weighted by Crippen LogP contribution is -2.53. The van der Waals surface area contributed by atoms with Crippen molar-refractivity contribution in [2.24, 2.45) is 0 Å². The highest BCUT2D eigenvalue weighted by molar-refractivity contribution is 5.83. The van der Waals surface area contributed by atoms with Crippen molar-refractivity contribution in [3.63, 3.8) is 0 Å². The van der Waals surface area contributed by atoms with Gasteiger partial charge in [0.1, 0.15) is 6.04 Å². The van der Waals surface area contributed by atoms with Crippen molar-refractivity contribution in [3.8, 4) is 0 Å². The van der Waals surface area contributed by atoms with Gasteiger partial charge in [0.15, 0.2) is 0 Å². The molecule has 0 saturated heterocycles. The molecule has 1 aliphatic heterocycles. The summed E-state index contributed by atoms with van der Waals surface area (Å²) in [6, 6.07) is 6.73. The first kappa shape index (κ1) is 14.4. The topological polar surface area (TPSA) is 60.9 Å². The van der Waals surface area contributed by atoms with E-state index < -0.39 is 12.0 Å². The molecular weight excluding hydrogens is 256 g/mol. The van der Waals surface area contributed by atoms with Crippen molar-refractivity contribution in [1.29, 1.82) is 0 Å². The van der Waals surface area contributed by atoms with Crippen LogP contribution in [0.3, 0.4) is 0 Å². The maximum Gasteiger partial charge on any atom is 0.326 e. The highest BCUT2D eigenvalue weighted by atomic mass is 16.4. The number of carbonyl (C=O) groups excluding carboxylic acids is 1. The van der Waals surface area contributed by atoms with E-state index in [1.807, 2.05) is 38.1 Å². The van der Waals surface area contributed by atoms with Crippen molar-refractivity contribution in [3.05, 3.63) is 35.4 Å².